The molecule has 0 bridgehead atoms. The Morgan fingerprint density at radius 1 is 0.438 bits per heavy atom. The molecule has 0 saturated heterocycles. The Bertz CT molecular complexity index is 5560. The number of aliphatic hydroxyl groups excluding tert-OH is 1. The minimum Gasteiger partial charge on any atom is -0.870 e. The number of nitrogens with two attached hydrogens (primary N) is 2. The van der Waals surface area contributed by atoms with E-state index in [-0.39, 0.29) is 139 Å². The molecule has 0 saturated carbocycles. The van der Waals surface area contributed by atoms with Gasteiger partial charge in [0.2, 0.25) is 23.0 Å². The molecule has 0 radical (unpaired) electrons. The maximum Gasteiger partial charge on any atom is 1.00 e. The predicted octanol–water partition coefficient (Wildman–Crippen LogP) is 13.7. The molecule has 47 heteroatoms. The minimum atomic E-state index is -4.97. The van der Waals surface area contributed by atoms with Crippen LogP contribution in [0.25, 0.3) is 0 Å². The van der Waals surface area contributed by atoms with Crippen LogP contribution in [0.5, 0.6) is 0 Å². The molecular weight excluding hydrogens is 1900 g/mol. The third-order valence-electron chi connectivity index (χ3n) is 18.6. The van der Waals surface area contributed by atoms with Crippen LogP contribution in [0.15, 0.2) is 142 Å². The number of carbonyl (C=O) groups excluding carboxylic acids is 6. The molecule has 13 N–H and O–H groups in total. The van der Waals surface area contributed by atoms with Crippen LogP contribution in [-0.2, 0) is 71.9 Å². The number of aromatic nitrogens is 2. The number of rotatable bonds is 15. The number of aliphatic imine (C=N–C) groups is 1. The molecule has 36 nitrogen and oxygen atoms in total. The van der Waals surface area contributed by atoms with Gasteiger partial charge in [0.25, 0.3) is 33.9 Å². The molecule has 6 aromatic carbocycles. The minimum absolute atomic E-state index is 0. The van der Waals surface area contributed by atoms with Gasteiger partial charge in [-0.3, -0.25) is 97.1 Å². The summed E-state index contributed by atoms with van der Waals surface area (Å²) in [6.07, 6.45) is -6.80. The molecule has 0 aliphatic rings. The van der Waals surface area contributed by atoms with Gasteiger partial charge in [-0.05, 0) is 181 Å². The van der Waals surface area contributed by atoms with Crippen LogP contribution in [0.3, 0.4) is 0 Å². The van der Waals surface area contributed by atoms with Crippen molar-refractivity contribution in [3.8, 4) is 0 Å². The van der Waals surface area contributed by atoms with E-state index < -0.39 is 58.2 Å². The fourth-order valence-corrected chi connectivity index (χ4v) is 11.0. The second kappa shape index (κ2) is 59.3. The Kier molecular flexibility index (Phi) is 56.9. The number of halogens is 7. The van der Waals surface area contributed by atoms with Crippen molar-refractivity contribution in [1.29, 1.82) is 0 Å². The van der Waals surface area contributed by atoms with Gasteiger partial charge >= 0.3 is 64.1 Å². The van der Waals surface area contributed by atoms with Crippen LogP contribution in [-0.4, -0.2) is 121 Å². The van der Waals surface area contributed by atoms with Gasteiger partial charge < -0.3 is 48.6 Å². The molecule has 0 atom stereocenters. The topological polar surface area (TPSA) is 568 Å². The molecule has 5 amide bonds. The molecular formula is C90H118ClF6N14NaO22S3. The fourth-order valence-electron chi connectivity index (χ4n) is 10.6. The number of benzene rings is 6. The number of thiocarbonyl (C=S) groups is 2. The van der Waals surface area contributed by atoms with Gasteiger partial charge in [0, 0.05) is 129 Å². The largest absolute Gasteiger partial charge is 1.00 e. The zero-order valence-corrected chi connectivity index (χ0v) is 85.9. The van der Waals surface area contributed by atoms with E-state index in [0.717, 1.165) is 67.0 Å². The number of amides is 5. The Morgan fingerprint density at radius 3 is 0.956 bits per heavy atom. The van der Waals surface area contributed by atoms with Crippen molar-refractivity contribution in [2.75, 3.05) is 12.5 Å². The molecule has 8 aromatic rings. The first-order valence-electron chi connectivity index (χ1n) is 40.2. The van der Waals surface area contributed by atoms with E-state index in [0.29, 0.717) is 54.0 Å². The van der Waals surface area contributed by atoms with Crippen molar-refractivity contribution in [2.24, 2.45) is 32.4 Å². The number of hydrogen-bond acceptors (Lipinski definition) is 25. The smallest absolute Gasteiger partial charge is 0.870 e. The Hall–Kier alpha value is -11.9. The average molecular weight is 2020 g/mol. The van der Waals surface area contributed by atoms with Crippen LogP contribution >= 0.6 is 36.0 Å². The van der Waals surface area contributed by atoms with Crippen molar-refractivity contribution >= 4 is 126 Å². The number of hydrogen-bond donors (Lipinski definition) is 10. The molecule has 0 unspecified atom stereocenters. The van der Waals surface area contributed by atoms with Crippen molar-refractivity contribution in [2.45, 2.75) is 211 Å². The maximum atomic E-state index is 12.0. The molecule has 0 spiro atoms. The van der Waals surface area contributed by atoms with Crippen molar-refractivity contribution < 1.29 is 132 Å². The number of isothiocyanates is 1. The third-order valence-corrected chi connectivity index (χ3v) is 19.6. The zero-order chi connectivity index (χ0) is 105. The van der Waals surface area contributed by atoms with Crippen molar-refractivity contribution in [3.63, 3.8) is 0 Å². The number of anilines is 1. The summed E-state index contributed by atoms with van der Waals surface area (Å²) in [6.45, 7) is 43.7. The van der Waals surface area contributed by atoms with Crippen LogP contribution in [0.4, 0.5) is 60.5 Å². The second-order valence-electron chi connectivity index (χ2n) is 33.5. The van der Waals surface area contributed by atoms with E-state index in [1.165, 1.54) is 65.0 Å². The summed E-state index contributed by atoms with van der Waals surface area (Å²) in [7, 11) is -4.67. The van der Waals surface area contributed by atoms with Gasteiger partial charge in [0.05, 0.1) is 30.5 Å². The summed E-state index contributed by atoms with van der Waals surface area (Å²) in [6, 6.07) is 32.7. The number of nitrogens with zero attached hydrogens (tertiary/aromatic N) is 7. The number of aliphatic hydroxyl groups is 1. The van der Waals surface area contributed by atoms with Crippen LogP contribution in [0, 0.1) is 145 Å². The zero-order valence-electron chi connectivity index (χ0n) is 80.7. The van der Waals surface area contributed by atoms with Gasteiger partial charge in [-0.1, -0.05) is 174 Å². The van der Waals surface area contributed by atoms with Gasteiger partial charge in [-0.15, -0.1) is 0 Å². The van der Waals surface area contributed by atoms with Gasteiger partial charge in [-0.25, -0.2) is 0 Å². The Balaban J connectivity index is -0.000000729. The summed E-state index contributed by atoms with van der Waals surface area (Å²) in [4.78, 5) is 134. The van der Waals surface area contributed by atoms with Crippen LogP contribution < -0.4 is 78.7 Å². The first-order valence-corrected chi connectivity index (χ1v) is 42.8. The van der Waals surface area contributed by atoms with Crippen LogP contribution in [0.2, 0.25) is 0 Å². The van der Waals surface area contributed by atoms with Crippen LogP contribution in [0.1, 0.15) is 178 Å². The van der Waals surface area contributed by atoms with E-state index in [1.54, 1.807) is 116 Å². The number of pyridine rings is 2. The summed E-state index contributed by atoms with van der Waals surface area (Å²) in [5.41, 5.74) is 24.3. The van der Waals surface area contributed by atoms with E-state index >= 15 is 0 Å². The van der Waals surface area contributed by atoms with Crippen molar-refractivity contribution in [1.82, 2.24) is 35.7 Å². The monoisotopic (exact) mass is 2010 g/mol. The van der Waals surface area contributed by atoms with Gasteiger partial charge in [0.1, 0.15) is 6.73 Å². The predicted molar refractivity (Wildman–Crippen MR) is 513 cm³/mol. The number of nitro benzene ring substituents is 4. The molecule has 8 rings (SSSR count). The molecule has 748 valence electrons. The number of nitro groups is 4. The fraction of sp³-hybridized carbons (Fsp3) is 0.400. The molecule has 0 aliphatic heterocycles. The maximum absolute atomic E-state index is 12.0. The molecule has 2 heterocycles. The molecule has 0 fully saturated rings. The first kappa shape index (κ1) is 131. The summed E-state index contributed by atoms with van der Waals surface area (Å²) >= 11 is 14.9. The second-order valence-corrected chi connectivity index (χ2v) is 35.3. The number of para-hydroxylation sites is 1. The number of nitrogen functional groups attached to an aromatic ring is 1. The third kappa shape index (κ3) is 47.7. The number of aryl methyl sites for hydroxylation is 7. The summed E-state index contributed by atoms with van der Waals surface area (Å²) in [5, 5.41) is 64.5. The standard InChI is InChI=1S/C15H20N2OS.C14H20N2O3.C14H22N2O.C11H11F3N2O3.C11H8N2O2S.C9H12N2O2.C8H9NO2.C5H9ClO.C3H4F3NO2.Na.H2O4S.H2O/c1-10-6-7-12(11(2)13(10)17-9-19)8-16-14(18)15(3,4)5;1-9-6-7-11(10(2)12(9)16(18)19)8-15-13(17)14(3,4)5;1-9-6-7-11(10(2)12(9)15)8-16-13(17)14(3,4)5;1-6-3-4-8(7(2)9(6)16(18)19)5-15-10(17)11(12,13)14;14-9-5-1-3-7-12(9)11(16)13-8-4-2-6-10(13)15;1-6-3-4-8(5-10)7(2)9(6)11(12)13;1-6-4-3-5-7(2)8(6)9(10)11;1-5(2,3)4(6)7;4-3(5,6)2(9)7-1-8;;1-5(2,3)4;/h6-7H,8H2,1-5H3,(H,16,18);6-7H,8H2,1-5H3,(H,15,17);6-7H,8,15H2,1-5H3,(H,16,17);3-4H,5H2,1-2H3,(H,15,17);1-8H;3-4H,5,10H2,1-2H3;3-5H,1-2H3;1-3H3;8H,1H2,(H,7,9);;(H2,1,2,3,4);1H2/q;;;;;;;;;+1;;/p-1. The van der Waals surface area contributed by atoms with E-state index in [4.69, 9.17) is 57.9 Å². The number of nitrogens with one attached hydrogen (secondary N) is 5. The van der Waals surface area contributed by atoms with Gasteiger partial charge in [-0.2, -0.15) is 39.8 Å². The number of carbonyl (C=O) groups is 6. The Morgan fingerprint density at radius 2 is 0.701 bits per heavy atom. The van der Waals surface area contributed by atoms with Crippen molar-refractivity contribution in [3.05, 3.63) is 283 Å². The van der Waals surface area contributed by atoms with E-state index in [9.17, 15) is 105 Å². The summed E-state index contributed by atoms with van der Waals surface area (Å²) in [5.74, 6) is -4.20. The average Bonchev–Trinajstić information content (AvgIpc) is 0.819. The normalized spacial score (nSPS) is 10.6. The van der Waals surface area contributed by atoms with E-state index in [2.05, 4.69) is 38.3 Å². The Labute approximate surface area is 827 Å². The van der Waals surface area contributed by atoms with Gasteiger partial charge in [0.15, 0.2) is 5.11 Å². The number of alkyl halides is 6. The first-order chi connectivity index (χ1) is 61.6. The quantitative estimate of drug-likeness (QED) is 0.00435. The molecule has 137 heavy (non-hydrogen) atoms. The molecule has 0 aliphatic carbocycles. The molecule has 2 aromatic heterocycles. The summed E-state index contributed by atoms with van der Waals surface area (Å²) < 4.78 is 103. The van der Waals surface area contributed by atoms with E-state index in [1.807, 2.05) is 132 Å². The SMILES string of the molecule is CC(C)(C)C(=O)Cl.Cc1ccc(CN)c(C)c1[N+](=O)[O-].Cc1ccc(CNC(=O)C(C)(C)C)c(C)c1N.Cc1ccc(CNC(=O)C(C)(C)C)c(C)c1N=C=S.Cc1ccc(CNC(=O)C(C)(C)C)c(C)c1[N+](=O)[O-].Cc1ccc(CNC(=O)C(F)(F)F)c(C)c1[N+](=O)[O-].Cc1cccc(C)c1[N+](=O)[O-].O=C(NCO)C(F)(F)F.O=S(=O)(O)O.O=c1ccccn1C(=S)n1ccccc1=O.[Na+].[OH-].